The fraction of sp³-hybridized carbons (Fsp3) is 0.500. The Morgan fingerprint density at radius 3 is 2.29 bits per heavy atom. The van der Waals surface area contributed by atoms with E-state index < -0.39 is 0 Å². The predicted octanol–water partition coefficient (Wildman–Crippen LogP) is 2.20. The Kier molecular flexibility index (Phi) is 3.90. The van der Waals surface area contributed by atoms with E-state index in [0.717, 1.165) is 0 Å². The molecule has 0 aromatic heterocycles. The number of rotatable bonds is 2. The Morgan fingerprint density at radius 1 is 1.57 bits per heavy atom. The lowest BCUT2D eigenvalue weighted by Crippen LogP contribution is -1.84. The van der Waals surface area contributed by atoms with Crippen LogP contribution in [0.3, 0.4) is 0 Å². The fourth-order valence-corrected chi connectivity index (χ4v) is 0.440. The van der Waals surface area contributed by atoms with Gasteiger partial charge in [-0.1, -0.05) is 31.3 Å². The number of allylic oxidation sites excluding steroid dienone is 2. The van der Waals surface area contributed by atoms with Gasteiger partial charge in [0, 0.05) is 5.92 Å². The van der Waals surface area contributed by atoms with Gasteiger partial charge in [-0.2, -0.15) is 0 Å². The molecule has 0 aliphatic rings. The quantitative estimate of drug-likeness (QED) is 0.392. The summed E-state index contributed by atoms with van der Waals surface area (Å²) in [4.78, 5) is 0. The zero-order valence-electron chi connectivity index (χ0n) is 4.72. The Morgan fingerprint density at radius 2 is 2.14 bits per heavy atom. The predicted molar refractivity (Wildman–Crippen MR) is 37.6 cm³/mol. The summed E-state index contributed by atoms with van der Waals surface area (Å²) in [7, 11) is 0. The Hall–Kier alpha value is -0.170. The first-order valence-electron chi connectivity index (χ1n) is 2.39. The highest BCUT2D eigenvalue weighted by Gasteiger charge is 1.82. The Balaban J connectivity index is 3.35. The summed E-state index contributed by atoms with van der Waals surface area (Å²) < 4.78 is 0. The van der Waals surface area contributed by atoms with Gasteiger partial charge in [0.25, 0.3) is 0 Å². The third-order valence-electron chi connectivity index (χ3n) is 0.711. The molecule has 0 aliphatic heterocycles. The van der Waals surface area contributed by atoms with Crippen LogP contribution in [0.15, 0.2) is 12.2 Å². The molecule has 0 bridgehead atoms. The molecule has 0 nitrogen and oxygen atoms in total. The first-order chi connectivity index (χ1) is 3.31. The van der Waals surface area contributed by atoms with Gasteiger partial charge >= 0.3 is 0 Å². The second-order valence-corrected chi connectivity index (χ2v) is 1.79. The zero-order valence-corrected chi connectivity index (χ0v) is 5.53. The SMILES string of the molecule is CC=CC(C)C=S. The highest BCUT2D eigenvalue weighted by atomic mass is 32.1. The molecular weight excluding hydrogens is 104 g/mol. The van der Waals surface area contributed by atoms with E-state index in [9.17, 15) is 0 Å². The average molecular weight is 114 g/mol. The summed E-state index contributed by atoms with van der Waals surface area (Å²) >= 11 is 4.66. The Labute approximate surface area is 50.2 Å². The van der Waals surface area contributed by atoms with E-state index in [1.54, 1.807) is 5.37 Å². The molecule has 1 heteroatoms. The van der Waals surface area contributed by atoms with Crippen LogP contribution in [-0.4, -0.2) is 5.37 Å². The molecule has 0 saturated heterocycles. The summed E-state index contributed by atoms with van der Waals surface area (Å²) in [5.41, 5.74) is 0. The number of thiocarbonyl (C=S) groups is 1. The van der Waals surface area contributed by atoms with Crippen LogP contribution in [-0.2, 0) is 0 Å². The molecule has 0 aromatic rings. The second kappa shape index (κ2) is 4.00. The van der Waals surface area contributed by atoms with Crippen molar-refractivity contribution in [1.29, 1.82) is 0 Å². The van der Waals surface area contributed by atoms with Gasteiger partial charge in [-0.15, -0.1) is 0 Å². The van der Waals surface area contributed by atoms with Crippen LogP contribution in [0.5, 0.6) is 0 Å². The van der Waals surface area contributed by atoms with Crippen LogP contribution in [0.2, 0.25) is 0 Å². The molecule has 0 aliphatic carbocycles. The van der Waals surface area contributed by atoms with Gasteiger partial charge in [0.05, 0.1) is 0 Å². The summed E-state index contributed by atoms with van der Waals surface area (Å²) in [6.07, 6.45) is 4.07. The van der Waals surface area contributed by atoms with E-state index in [1.807, 2.05) is 13.0 Å². The molecular formula is C6H10S. The van der Waals surface area contributed by atoms with Crippen LogP contribution < -0.4 is 0 Å². The van der Waals surface area contributed by atoms with Crippen LogP contribution in [0.1, 0.15) is 13.8 Å². The zero-order chi connectivity index (χ0) is 5.70. The van der Waals surface area contributed by atoms with Crippen molar-refractivity contribution in [1.82, 2.24) is 0 Å². The lowest BCUT2D eigenvalue weighted by Gasteiger charge is -1.88. The van der Waals surface area contributed by atoms with Crippen molar-refractivity contribution in [3.63, 3.8) is 0 Å². The Bertz CT molecular complexity index is 74.2. The van der Waals surface area contributed by atoms with Crippen molar-refractivity contribution in [2.45, 2.75) is 13.8 Å². The van der Waals surface area contributed by atoms with Crippen molar-refractivity contribution in [3.05, 3.63) is 12.2 Å². The standard InChI is InChI=1S/C6H10S/c1-3-4-6(2)5-7/h3-6H,1-2H3. The minimum atomic E-state index is 0.458. The van der Waals surface area contributed by atoms with E-state index in [2.05, 4.69) is 25.2 Å². The summed E-state index contributed by atoms with van der Waals surface area (Å²) in [5.74, 6) is 0.458. The van der Waals surface area contributed by atoms with Crippen molar-refractivity contribution in [3.8, 4) is 0 Å². The summed E-state index contributed by atoms with van der Waals surface area (Å²) in [6.45, 7) is 4.06. The van der Waals surface area contributed by atoms with Gasteiger partial charge in [-0.3, -0.25) is 0 Å². The van der Waals surface area contributed by atoms with Crippen molar-refractivity contribution in [2.24, 2.45) is 5.92 Å². The van der Waals surface area contributed by atoms with Gasteiger partial charge in [0.1, 0.15) is 0 Å². The van der Waals surface area contributed by atoms with Gasteiger partial charge < -0.3 is 0 Å². The molecule has 7 heavy (non-hydrogen) atoms. The van der Waals surface area contributed by atoms with E-state index >= 15 is 0 Å². The first-order valence-corrected chi connectivity index (χ1v) is 2.86. The van der Waals surface area contributed by atoms with Crippen LogP contribution in [0, 0.1) is 5.92 Å². The van der Waals surface area contributed by atoms with Crippen molar-refractivity contribution < 1.29 is 0 Å². The summed E-state index contributed by atoms with van der Waals surface area (Å²) in [5, 5.41) is 1.75. The maximum Gasteiger partial charge on any atom is 0.00229 e. The maximum absolute atomic E-state index is 4.66. The molecule has 0 heterocycles. The van der Waals surface area contributed by atoms with Crippen LogP contribution >= 0.6 is 12.2 Å². The molecule has 40 valence electrons. The van der Waals surface area contributed by atoms with Gasteiger partial charge in [0.2, 0.25) is 0 Å². The van der Waals surface area contributed by atoms with E-state index in [-0.39, 0.29) is 0 Å². The van der Waals surface area contributed by atoms with Crippen LogP contribution in [0.4, 0.5) is 0 Å². The summed E-state index contributed by atoms with van der Waals surface area (Å²) in [6, 6.07) is 0. The van der Waals surface area contributed by atoms with E-state index in [1.165, 1.54) is 0 Å². The highest BCUT2D eigenvalue weighted by Crippen LogP contribution is 1.90. The van der Waals surface area contributed by atoms with E-state index in [0.29, 0.717) is 5.92 Å². The van der Waals surface area contributed by atoms with Crippen molar-refractivity contribution in [2.75, 3.05) is 0 Å². The molecule has 0 amide bonds. The third-order valence-corrected chi connectivity index (χ3v) is 1.14. The minimum Gasteiger partial charge on any atom is -0.0928 e. The first kappa shape index (κ1) is 6.83. The van der Waals surface area contributed by atoms with Crippen LogP contribution in [0.25, 0.3) is 0 Å². The molecule has 0 aromatic carbocycles. The minimum absolute atomic E-state index is 0.458. The number of hydrogen-bond acceptors (Lipinski definition) is 1. The molecule has 0 saturated carbocycles. The average Bonchev–Trinajstić information content (AvgIpc) is 1.68. The monoisotopic (exact) mass is 114 g/mol. The normalized spacial score (nSPS) is 14.6. The molecule has 1 atom stereocenters. The van der Waals surface area contributed by atoms with Gasteiger partial charge in [-0.25, -0.2) is 0 Å². The molecule has 0 N–H and O–H groups in total. The fourth-order valence-electron chi connectivity index (χ4n) is 0.349. The molecule has 0 radical (unpaired) electrons. The van der Waals surface area contributed by atoms with Gasteiger partial charge in [-0.05, 0) is 12.3 Å². The third kappa shape index (κ3) is 3.67. The topological polar surface area (TPSA) is 0 Å². The molecule has 1 unspecified atom stereocenters. The van der Waals surface area contributed by atoms with Gasteiger partial charge in [0.15, 0.2) is 0 Å². The lowest BCUT2D eigenvalue weighted by molar-refractivity contribution is 1.04. The highest BCUT2D eigenvalue weighted by molar-refractivity contribution is 7.79. The lowest BCUT2D eigenvalue weighted by atomic mass is 10.2. The molecule has 0 rings (SSSR count). The molecule has 0 spiro atoms. The smallest absolute Gasteiger partial charge is 0.00229 e. The largest absolute Gasteiger partial charge is 0.0928 e. The maximum atomic E-state index is 4.66. The molecule has 0 fully saturated rings. The van der Waals surface area contributed by atoms with E-state index in [4.69, 9.17) is 0 Å². The number of hydrogen-bond donors (Lipinski definition) is 0. The van der Waals surface area contributed by atoms with Crippen molar-refractivity contribution >= 4 is 17.6 Å². The second-order valence-electron chi connectivity index (χ2n) is 1.52.